The minimum absolute atomic E-state index is 0.871. The molecule has 0 aliphatic carbocycles. The van der Waals surface area contributed by atoms with Gasteiger partial charge in [-0.15, -0.1) is 0 Å². The van der Waals surface area contributed by atoms with Gasteiger partial charge in [-0.25, -0.2) is 4.98 Å². The Hall–Kier alpha value is -1.55. The molecular weight excluding hydrogens is 246 g/mol. The summed E-state index contributed by atoms with van der Waals surface area (Å²) in [5, 5.41) is 1.86. The summed E-state index contributed by atoms with van der Waals surface area (Å²) in [6.45, 7) is 6.06. The highest BCUT2D eigenvalue weighted by Crippen LogP contribution is 2.36. The third kappa shape index (κ3) is 2.20. The summed E-state index contributed by atoms with van der Waals surface area (Å²) >= 11 is 1.57. The molecule has 3 nitrogen and oxygen atoms in total. The Balaban J connectivity index is 2.51. The van der Waals surface area contributed by atoms with Gasteiger partial charge >= 0.3 is 0 Å². The van der Waals surface area contributed by atoms with Crippen LogP contribution in [0, 0.1) is 20.8 Å². The summed E-state index contributed by atoms with van der Waals surface area (Å²) in [5.41, 5.74) is 4.30. The van der Waals surface area contributed by atoms with Crippen molar-refractivity contribution >= 4 is 11.3 Å². The first kappa shape index (κ1) is 12.9. The van der Waals surface area contributed by atoms with Crippen LogP contribution in [-0.2, 0) is 0 Å². The number of benzene rings is 1. The summed E-state index contributed by atoms with van der Waals surface area (Å²) in [7, 11) is 3.38. The smallest absolute Gasteiger partial charge is 0.197 e. The highest BCUT2D eigenvalue weighted by Gasteiger charge is 2.12. The molecule has 0 unspecified atom stereocenters. The number of rotatable bonds is 3. The van der Waals surface area contributed by atoms with Crippen molar-refractivity contribution in [2.75, 3.05) is 14.2 Å². The van der Waals surface area contributed by atoms with Crippen molar-refractivity contribution < 1.29 is 9.47 Å². The zero-order valence-electron chi connectivity index (χ0n) is 11.3. The van der Waals surface area contributed by atoms with Gasteiger partial charge in [0.15, 0.2) is 5.06 Å². The van der Waals surface area contributed by atoms with Crippen molar-refractivity contribution in [3.8, 4) is 21.4 Å². The molecule has 18 heavy (non-hydrogen) atoms. The monoisotopic (exact) mass is 263 g/mol. The fraction of sp³-hybridized carbons (Fsp3) is 0.357. The van der Waals surface area contributed by atoms with Gasteiger partial charge < -0.3 is 9.47 Å². The highest BCUT2D eigenvalue weighted by molar-refractivity contribution is 7.17. The average Bonchev–Trinajstić information content (AvgIpc) is 2.70. The van der Waals surface area contributed by atoms with Crippen LogP contribution in [0.15, 0.2) is 12.1 Å². The zero-order valence-corrected chi connectivity index (χ0v) is 12.1. The van der Waals surface area contributed by atoms with E-state index in [2.05, 4.69) is 17.1 Å². The molecule has 0 saturated carbocycles. The van der Waals surface area contributed by atoms with Crippen molar-refractivity contribution in [3.63, 3.8) is 0 Å². The van der Waals surface area contributed by atoms with Gasteiger partial charge in [-0.1, -0.05) is 11.3 Å². The molecule has 1 aromatic heterocycles. The van der Waals surface area contributed by atoms with Crippen LogP contribution in [0.3, 0.4) is 0 Å². The summed E-state index contributed by atoms with van der Waals surface area (Å²) in [5.74, 6) is 0.944. The molecule has 0 N–H and O–H groups in total. The third-order valence-corrected chi connectivity index (χ3v) is 4.02. The number of ether oxygens (including phenoxy) is 2. The van der Waals surface area contributed by atoms with Crippen LogP contribution in [-0.4, -0.2) is 19.2 Å². The van der Waals surface area contributed by atoms with Crippen LogP contribution >= 0.6 is 11.3 Å². The molecule has 4 heteroatoms. The van der Waals surface area contributed by atoms with E-state index in [0.717, 1.165) is 38.2 Å². The Bertz CT molecular complexity index is 552. The summed E-state index contributed by atoms with van der Waals surface area (Å²) < 4.78 is 10.7. The van der Waals surface area contributed by atoms with Crippen molar-refractivity contribution in [3.05, 3.63) is 29.0 Å². The molecule has 0 radical (unpaired) electrons. The number of aryl methyl sites for hydroxylation is 3. The fourth-order valence-corrected chi connectivity index (χ4v) is 2.96. The van der Waals surface area contributed by atoms with Crippen LogP contribution in [0.4, 0.5) is 0 Å². The van der Waals surface area contributed by atoms with E-state index in [9.17, 15) is 0 Å². The second kappa shape index (κ2) is 4.98. The van der Waals surface area contributed by atoms with E-state index in [1.54, 1.807) is 25.6 Å². The number of hydrogen-bond acceptors (Lipinski definition) is 4. The number of methoxy groups -OCH3 is 2. The summed E-state index contributed by atoms with van der Waals surface area (Å²) in [6.07, 6.45) is 0. The van der Waals surface area contributed by atoms with E-state index >= 15 is 0 Å². The van der Waals surface area contributed by atoms with Crippen LogP contribution in [0.1, 0.15) is 16.8 Å². The zero-order chi connectivity index (χ0) is 13.3. The SMILES string of the molecule is COc1sc(-c2cc(C)c(OC)c(C)c2)nc1C. The Kier molecular flexibility index (Phi) is 3.57. The second-order valence-electron chi connectivity index (χ2n) is 4.24. The third-order valence-electron chi connectivity index (χ3n) is 2.85. The number of aromatic nitrogens is 1. The minimum atomic E-state index is 0.871. The van der Waals surface area contributed by atoms with E-state index in [0.29, 0.717) is 0 Å². The van der Waals surface area contributed by atoms with Crippen molar-refractivity contribution in [2.24, 2.45) is 0 Å². The lowest BCUT2D eigenvalue weighted by Crippen LogP contribution is -1.92. The van der Waals surface area contributed by atoms with Gasteiger partial charge in [0.1, 0.15) is 10.8 Å². The van der Waals surface area contributed by atoms with Gasteiger partial charge in [0.05, 0.1) is 19.9 Å². The Morgan fingerprint density at radius 1 is 1.00 bits per heavy atom. The van der Waals surface area contributed by atoms with E-state index in [1.165, 1.54) is 0 Å². The molecule has 0 saturated heterocycles. The second-order valence-corrected chi connectivity index (χ2v) is 5.20. The Morgan fingerprint density at radius 2 is 1.61 bits per heavy atom. The lowest BCUT2D eigenvalue weighted by molar-refractivity contribution is 0.408. The predicted octanol–water partition coefficient (Wildman–Crippen LogP) is 3.75. The predicted molar refractivity (Wildman–Crippen MR) is 74.9 cm³/mol. The topological polar surface area (TPSA) is 31.4 Å². The standard InChI is InChI=1S/C14H17NO2S/c1-8-6-11(7-9(2)12(8)16-4)13-15-10(3)14(17-5)18-13/h6-7H,1-5H3. The summed E-state index contributed by atoms with van der Waals surface area (Å²) in [6, 6.07) is 4.20. The molecule has 2 aromatic rings. The van der Waals surface area contributed by atoms with Crippen molar-refractivity contribution in [1.82, 2.24) is 4.98 Å². The molecular formula is C14H17NO2S. The van der Waals surface area contributed by atoms with Gasteiger partial charge in [0, 0.05) is 5.56 Å². The van der Waals surface area contributed by atoms with Gasteiger partial charge in [-0.3, -0.25) is 0 Å². The minimum Gasteiger partial charge on any atom is -0.496 e. The average molecular weight is 263 g/mol. The van der Waals surface area contributed by atoms with Crippen molar-refractivity contribution in [2.45, 2.75) is 20.8 Å². The van der Waals surface area contributed by atoms with Crippen LogP contribution < -0.4 is 9.47 Å². The molecule has 0 atom stereocenters. The maximum Gasteiger partial charge on any atom is 0.197 e. The quantitative estimate of drug-likeness (QED) is 0.845. The van der Waals surface area contributed by atoms with Gasteiger partial charge in [0.25, 0.3) is 0 Å². The van der Waals surface area contributed by atoms with Crippen molar-refractivity contribution in [1.29, 1.82) is 0 Å². The normalized spacial score (nSPS) is 10.5. The van der Waals surface area contributed by atoms with Crippen LogP contribution in [0.5, 0.6) is 10.8 Å². The number of hydrogen-bond donors (Lipinski definition) is 0. The largest absolute Gasteiger partial charge is 0.496 e. The first-order chi connectivity index (χ1) is 8.56. The van der Waals surface area contributed by atoms with Gasteiger partial charge in [-0.05, 0) is 44.0 Å². The lowest BCUT2D eigenvalue weighted by Gasteiger charge is -2.09. The van der Waals surface area contributed by atoms with Gasteiger partial charge in [0.2, 0.25) is 0 Å². The molecule has 0 amide bonds. The molecule has 0 fully saturated rings. The van der Waals surface area contributed by atoms with Crippen LogP contribution in [0.2, 0.25) is 0 Å². The maximum absolute atomic E-state index is 5.38. The number of thiazole rings is 1. The van der Waals surface area contributed by atoms with E-state index in [-0.39, 0.29) is 0 Å². The van der Waals surface area contributed by atoms with Gasteiger partial charge in [-0.2, -0.15) is 0 Å². The molecule has 96 valence electrons. The first-order valence-electron chi connectivity index (χ1n) is 5.73. The molecule has 0 bridgehead atoms. The number of nitrogens with zero attached hydrogens (tertiary/aromatic N) is 1. The fourth-order valence-electron chi connectivity index (χ4n) is 2.09. The lowest BCUT2D eigenvalue weighted by atomic mass is 10.1. The van der Waals surface area contributed by atoms with E-state index < -0.39 is 0 Å². The molecule has 0 aliphatic rings. The van der Waals surface area contributed by atoms with E-state index in [4.69, 9.17) is 9.47 Å². The molecule has 1 heterocycles. The first-order valence-corrected chi connectivity index (χ1v) is 6.55. The van der Waals surface area contributed by atoms with Crippen LogP contribution in [0.25, 0.3) is 10.6 Å². The molecule has 1 aromatic carbocycles. The molecule has 2 rings (SSSR count). The van der Waals surface area contributed by atoms with E-state index in [1.807, 2.05) is 20.8 Å². The maximum atomic E-state index is 5.38. The molecule has 0 aliphatic heterocycles. The molecule has 0 spiro atoms. The summed E-state index contributed by atoms with van der Waals surface area (Å²) in [4.78, 5) is 4.54. The highest BCUT2D eigenvalue weighted by atomic mass is 32.1. The Morgan fingerprint density at radius 3 is 2.06 bits per heavy atom. The Labute approximate surface area is 111 Å².